The van der Waals surface area contributed by atoms with Crippen LogP contribution >= 0.6 is 0 Å². The molecule has 0 radical (unpaired) electrons. The Morgan fingerprint density at radius 2 is 2.22 bits per heavy atom. The Hall–Kier alpha value is -2.21. The van der Waals surface area contributed by atoms with Gasteiger partial charge < -0.3 is 14.8 Å². The fraction of sp³-hybridized carbons (Fsp3) is 0.471. The molecule has 0 bridgehead atoms. The summed E-state index contributed by atoms with van der Waals surface area (Å²) in [5, 5.41) is 3.59. The van der Waals surface area contributed by atoms with Crippen LogP contribution in [0.15, 0.2) is 35.5 Å². The smallest absolute Gasteiger partial charge is 0.293 e. The zero-order valence-corrected chi connectivity index (χ0v) is 13.7. The van der Waals surface area contributed by atoms with Crippen LogP contribution in [0.4, 0.5) is 5.82 Å². The van der Waals surface area contributed by atoms with Crippen molar-refractivity contribution in [1.82, 2.24) is 19.9 Å². The molecule has 0 amide bonds. The van der Waals surface area contributed by atoms with Crippen LogP contribution in [0.1, 0.15) is 24.1 Å². The van der Waals surface area contributed by atoms with E-state index in [1.807, 2.05) is 19.2 Å². The average molecular weight is 313 g/mol. The molecule has 0 aliphatic carbocycles. The molecule has 3 heterocycles. The van der Waals surface area contributed by atoms with Gasteiger partial charge in [-0.15, -0.1) is 0 Å². The Labute approximate surface area is 136 Å². The topological polar surface area (TPSA) is 63.1 Å². The van der Waals surface area contributed by atoms with E-state index in [1.54, 1.807) is 24.0 Å². The third-order valence-electron chi connectivity index (χ3n) is 4.42. The largest absolute Gasteiger partial charge is 0.350 e. The molecule has 6 nitrogen and oxygen atoms in total. The Morgan fingerprint density at radius 1 is 1.35 bits per heavy atom. The van der Waals surface area contributed by atoms with Crippen LogP contribution in [0.25, 0.3) is 0 Å². The van der Waals surface area contributed by atoms with Crippen LogP contribution in [0.5, 0.6) is 0 Å². The molecule has 1 aliphatic heterocycles. The normalized spacial score (nSPS) is 18.2. The summed E-state index contributed by atoms with van der Waals surface area (Å²) in [5.74, 6) is 0.555. The molecule has 1 aliphatic rings. The fourth-order valence-electron chi connectivity index (χ4n) is 3.00. The zero-order chi connectivity index (χ0) is 16.2. The number of anilines is 1. The van der Waals surface area contributed by atoms with Crippen molar-refractivity contribution in [1.29, 1.82) is 0 Å². The van der Waals surface area contributed by atoms with E-state index in [1.165, 1.54) is 5.56 Å². The summed E-state index contributed by atoms with van der Waals surface area (Å²) < 4.78 is 1.58. The molecule has 1 saturated heterocycles. The summed E-state index contributed by atoms with van der Waals surface area (Å²) in [6.45, 7) is 4.53. The second-order valence-electron chi connectivity index (χ2n) is 6.08. The first kappa shape index (κ1) is 15.7. The lowest BCUT2D eigenvalue weighted by Crippen LogP contribution is -2.47. The van der Waals surface area contributed by atoms with E-state index >= 15 is 0 Å². The molecule has 23 heavy (non-hydrogen) atoms. The Morgan fingerprint density at radius 3 is 3.04 bits per heavy atom. The average Bonchev–Trinajstić information content (AvgIpc) is 2.57. The van der Waals surface area contributed by atoms with Crippen molar-refractivity contribution in [3.8, 4) is 0 Å². The zero-order valence-electron chi connectivity index (χ0n) is 13.7. The lowest BCUT2D eigenvalue weighted by atomic mass is 10.1. The van der Waals surface area contributed by atoms with E-state index in [0.29, 0.717) is 11.9 Å². The van der Waals surface area contributed by atoms with Crippen molar-refractivity contribution in [2.24, 2.45) is 7.05 Å². The van der Waals surface area contributed by atoms with Crippen molar-refractivity contribution in [3.63, 3.8) is 0 Å². The summed E-state index contributed by atoms with van der Waals surface area (Å²) in [7, 11) is 1.76. The number of nitrogens with zero attached hydrogens (tertiary/aromatic N) is 4. The second kappa shape index (κ2) is 6.91. The summed E-state index contributed by atoms with van der Waals surface area (Å²) in [6.07, 6.45) is 7.37. The van der Waals surface area contributed by atoms with Gasteiger partial charge in [0.25, 0.3) is 5.56 Å². The standard InChI is InChI=1S/C17H23N5O/c1-13-14(5-3-7-18-13)11-20-15-6-4-9-22(12-15)16-17(23)21(2)10-8-19-16/h3,5,7-8,10,15,20H,4,6,9,11-12H2,1-2H3. The quantitative estimate of drug-likeness (QED) is 0.920. The molecule has 0 aromatic carbocycles. The highest BCUT2D eigenvalue weighted by atomic mass is 16.1. The minimum absolute atomic E-state index is 0.0312. The molecule has 2 aromatic heterocycles. The van der Waals surface area contributed by atoms with E-state index < -0.39 is 0 Å². The summed E-state index contributed by atoms with van der Waals surface area (Å²) in [4.78, 5) is 22.9. The first-order valence-electron chi connectivity index (χ1n) is 8.05. The maximum Gasteiger partial charge on any atom is 0.293 e. The van der Waals surface area contributed by atoms with Crippen LogP contribution in [-0.2, 0) is 13.6 Å². The maximum absolute atomic E-state index is 12.2. The molecule has 6 heteroatoms. The van der Waals surface area contributed by atoms with Gasteiger partial charge in [0.2, 0.25) is 0 Å². The molecule has 122 valence electrons. The van der Waals surface area contributed by atoms with Gasteiger partial charge in [0.15, 0.2) is 5.82 Å². The first-order valence-corrected chi connectivity index (χ1v) is 8.05. The van der Waals surface area contributed by atoms with E-state index in [9.17, 15) is 4.79 Å². The lowest BCUT2D eigenvalue weighted by molar-refractivity contribution is 0.418. The van der Waals surface area contributed by atoms with Gasteiger partial charge in [-0.1, -0.05) is 6.07 Å². The molecule has 2 aromatic rings. The molecule has 1 N–H and O–H groups in total. The fourth-order valence-corrected chi connectivity index (χ4v) is 3.00. The number of aryl methyl sites for hydroxylation is 2. The highest BCUT2D eigenvalue weighted by Gasteiger charge is 2.22. The van der Waals surface area contributed by atoms with Gasteiger partial charge in [-0.2, -0.15) is 0 Å². The van der Waals surface area contributed by atoms with Crippen LogP contribution < -0.4 is 15.8 Å². The highest BCUT2D eigenvalue weighted by Crippen LogP contribution is 2.15. The number of pyridine rings is 1. The minimum atomic E-state index is -0.0312. The molecule has 3 rings (SSSR count). The van der Waals surface area contributed by atoms with Gasteiger partial charge in [0, 0.05) is 57.0 Å². The van der Waals surface area contributed by atoms with Crippen LogP contribution in [0.3, 0.4) is 0 Å². The summed E-state index contributed by atoms with van der Waals surface area (Å²) in [5.41, 5.74) is 2.25. The Kier molecular flexibility index (Phi) is 4.71. The summed E-state index contributed by atoms with van der Waals surface area (Å²) >= 11 is 0. The van der Waals surface area contributed by atoms with Crippen molar-refractivity contribution < 1.29 is 0 Å². The first-order chi connectivity index (χ1) is 11.1. The van der Waals surface area contributed by atoms with Crippen molar-refractivity contribution in [3.05, 3.63) is 52.3 Å². The highest BCUT2D eigenvalue weighted by molar-refractivity contribution is 5.36. The third kappa shape index (κ3) is 3.59. The van der Waals surface area contributed by atoms with Crippen LogP contribution in [0, 0.1) is 6.92 Å². The SMILES string of the molecule is Cc1ncccc1CNC1CCCN(c2nccn(C)c2=O)C1. The van der Waals surface area contributed by atoms with Gasteiger partial charge >= 0.3 is 0 Å². The van der Waals surface area contributed by atoms with Crippen molar-refractivity contribution >= 4 is 5.82 Å². The molecule has 0 saturated carbocycles. The predicted octanol–water partition coefficient (Wildman–Crippen LogP) is 1.24. The number of nitrogens with one attached hydrogen (secondary N) is 1. The Balaban J connectivity index is 1.66. The monoisotopic (exact) mass is 313 g/mol. The number of piperidine rings is 1. The van der Waals surface area contributed by atoms with E-state index in [2.05, 4.69) is 26.3 Å². The molecule has 0 spiro atoms. The van der Waals surface area contributed by atoms with Gasteiger partial charge in [-0.3, -0.25) is 9.78 Å². The van der Waals surface area contributed by atoms with E-state index in [4.69, 9.17) is 0 Å². The second-order valence-corrected chi connectivity index (χ2v) is 6.08. The molecule has 1 fully saturated rings. The van der Waals surface area contributed by atoms with Crippen LogP contribution in [-0.4, -0.2) is 33.7 Å². The van der Waals surface area contributed by atoms with Gasteiger partial charge in [-0.25, -0.2) is 4.98 Å². The number of rotatable bonds is 4. The van der Waals surface area contributed by atoms with Gasteiger partial charge in [-0.05, 0) is 31.4 Å². The van der Waals surface area contributed by atoms with Crippen molar-refractivity contribution in [2.75, 3.05) is 18.0 Å². The van der Waals surface area contributed by atoms with Gasteiger partial charge in [0.1, 0.15) is 0 Å². The van der Waals surface area contributed by atoms with Crippen molar-refractivity contribution in [2.45, 2.75) is 32.4 Å². The minimum Gasteiger partial charge on any atom is -0.350 e. The molecule has 1 atom stereocenters. The predicted molar refractivity (Wildman–Crippen MR) is 90.5 cm³/mol. The molecule has 1 unspecified atom stereocenters. The molecular formula is C17H23N5O. The lowest BCUT2D eigenvalue weighted by Gasteiger charge is -2.33. The molecular weight excluding hydrogens is 290 g/mol. The van der Waals surface area contributed by atoms with Crippen LogP contribution in [0.2, 0.25) is 0 Å². The van der Waals surface area contributed by atoms with E-state index in [-0.39, 0.29) is 5.56 Å². The third-order valence-corrected chi connectivity index (χ3v) is 4.42. The number of aromatic nitrogens is 3. The number of hydrogen-bond acceptors (Lipinski definition) is 5. The van der Waals surface area contributed by atoms with E-state index in [0.717, 1.165) is 38.2 Å². The number of hydrogen-bond donors (Lipinski definition) is 1. The summed E-state index contributed by atoms with van der Waals surface area (Å²) in [6, 6.07) is 4.43. The maximum atomic E-state index is 12.2. The van der Waals surface area contributed by atoms with Gasteiger partial charge in [0.05, 0.1) is 0 Å². The Bertz CT molecular complexity index is 727.